The Hall–Kier alpha value is -1.49. The number of alkyl carbamates (subject to hydrolysis) is 1. The Morgan fingerprint density at radius 3 is 1.19 bits per heavy atom. The Bertz CT molecular complexity index is 1030. The molecule has 0 aliphatic heterocycles. The zero-order chi connectivity index (χ0) is 49.9. The van der Waals surface area contributed by atoms with Crippen molar-refractivity contribution in [2.45, 2.75) is 283 Å². The molecule has 0 aromatic rings. The van der Waals surface area contributed by atoms with Crippen LogP contribution in [-0.2, 0) is 28.4 Å². The molecule has 0 bridgehead atoms. The minimum atomic E-state index is -0.424. The van der Waals surface area contributed by atoms with Crippen LogP contribution in [0.4, 0.5) is 4.79 Å². The molecule has 0 saturated carbocycles. The van der Waals surface area contributed by atoms with E-state index in [0.29, 0.717) is 66.0 Å². The highest BCUT2D eigenvalue weighted by Gasteiger charge is 2.26. The molecule has 9 nitrogen and oxygen atoms in total. The van der Waals surface area contributed by atoms with E-state index in [4.69, 9.17) is 33.5 Å². The Labute approximate surface area is 428 Å². The van der Waals surface area contributed by atoms with E-state index in [9.17, 15) is 4.79 Å². The first kappa shape index (κ1) is 67.5. The number of rotatable bonds is 59. The van der Waals surface area contributed by atoms with Crippen molar-refractivity contribution in [2.75, 3.05) is 72.6 Å². The van der Waals surface area contributed by atoms with Crippen LogP contribution in [0.1, 0.15) is 271 Å². The van der Waals surface area contributed by atoms with Gasteiger partial charge >= 0.3 is 6.09 Å². The fourth-order valence-corrected chi connectivity index (χ4v) is 8.66. The van der Waals surface area contributed by atoms with Crippen LogP contribution in [0.2, 0.25) is 0 Å². The van der Waals surface area contributed by atoms with Crippen molar-refractivity contribution in [1.29, 1.82) is 0 Å². The molecule has 2 unspecified atom stereocenters. The van der Waals surface area contributed by atoms with E-state index in [1.165, 1.54) is 212 Å². The highest BCUT2D eigenvalue weighted by Crippen LogP contribution is 2.19. The van der Waals surface area contributed by atoms with Gasteiger partial charge in [0.25, 0.3) is 0 Å². The number of hydrogen-bond donors (Lipinski definition) is 2. The molecule has 0 aliphatic carbocycles. The summed E-state index contributed by atoms with van der Waals surface area (Å²) in [5.74, 6) is 0. The second-order valence-electron chi connectivity index (χ2n) is 19.8. The molecule has 0 fully saturated rings. The molecule has 2 N–H and O–H groups in total. The Morgan fingerprint density at radius 2 is 0.754 bits per heavy atom. The molecule has 2 atom stereocenters. The van der Waals surface area contributed by atoms with E-state index in [1.54, 1.807) is 0 Å². The zero-order valence-corrected chi connectivity index (χ0v) is 46.1. The molecule has 0 aromatic heterocycles. The standard InChI is InChI=1S/C60H117NO8/c1-4-7-10-13-16-19-22-24-26-28-30-32-35-38-41-44-49-67-57-59(68-50-45-42-39-36-33-31-29-27-25-23-20-17-14-11-8-5-2)58(46-43-40-37-34-21-18-15-12-9-6-3)69-60(63)61-47-51-64-53-55-66-56-54-65-52-48-62/h24-27,58-59,62H,4-23,28-57H2,1-3H3,(H,61,63)/b26-24-,27-25-. The van der Waals surface area contributed by atoms with E-state index in [0.717, 1.165) is 38.5 Å². The van der Waals surface area contributed by atoms with Gasteiger partial charge < -0.3 is 38.8 Å². The van der Waals surface area contributed by atoms with Gasteiger partial charge in [0.15, 0.2) is 0 Å². The normalized spacial score (nSPS) is 12.8. The maximum absolute atomic E-state index is 13.2. The number of carbonyl (C=O) groups is 1. The van der Waals surface area contributed by atoms with Crippen molar-refractivity contribution in [3.05, 3.63) is 24.3 Å². The maximum atomic E-state index is 13.2. The first-order valence-corrected chi connectivity index (χ1v) is 30.0. The van der Waals surface area contributed by atoms with Crippen LogP contribution in [0.5, 0.6) is 0 Å². The van der Waals surface area contributed by atoms with E-state index < -0.39 is 6.09 Å². The average molecular weight is 981 g/mol. The number of hydrogen-bond acceptors (Lipinski definition) is 8. The third-order valence-corrected chi connectivity index (χ3v) is 13.1. The van der Waals surface area contributed by atoms with Gasteiger partial charge in [-0.3, -0.25) is 0 Å². The summed E-state index contributed by atoms with van der Waals surface area (Å²) in [6.07, 6.45) is 57.9. The minimum Gasteiger partial charge on any atom is -0.443 e. The number of unbranched alkanes of at least 4 members (excludes halogenated alkanes) is 33. The number of allylic oxidation sites excluding steroid dienone is 4. The number of nitrogens with one attached hydrogen (secondary N) is 1. The summed E-state index contributed by atoms with van der Waals surface area (Å²) >= 11 is 0. The van der Waals surface area contributed by atoms with Crippen LogP contribution in [0.15, 0.2) is 24.3 Å². The molecular formula is C60H117NO8. The minimum absolute atomic E-state index is 0.0104. The van der Waals surface area contributed by atoms with E-state index in [2.05, 4.69) is 50.4 Å². The average Bonchev–Trinajstić information content (AvgIpc) is 3.35. The number of ether oxygens (including phenoxy) is 6. The number of aliphatic hydroxyl groups excluding tert-OH is 1. The van der Waals surface area contributed by atoms with Gasteiger partial charge in [-0.1, -0.05) is 218 Å². The third-order valence-electron chi connectivity index (χ3n) is 13.1. The molecule has 0 radical (unpaired) electrons. The predicted molar refractivity (Wildman–Crippen MR) is 294 cm³/mol. The van der Waals surface area contributed by atoms with Crippen LogP contribution in [0.3, 0.4) is 0 Å². The largest absolute Gasteiger partial charge is 0.443 e. The molecule has 410 valence electrons. The van der Waals surface area contributed by atoms with Gasteiger partial charge in [0.05, 0.1) is 52.9 Å². The van der Waals surface area contributed by atoms with Crippen LogP contribution in [0.25, 0.3) is 0 Å². The highest BCUT2D eigenvalue weighted by atomic mass is 16.6. The number of carbonyl (C=O) groups excluding carboxylic acids is 1. The van der Waals surface area contributed by atoms with Crippen molar-refractivity contribution >= 4 is 6.09 Å². The fraction of sp³-hybridized carbons (Fsp3) is 0.917. The third kappa shape index (κ3) is 55.7. The molecule has 0 rings (SSSR count). The first-order valence-electron chi connectivity index (χ1n) is 30.0. The van der Waals surface area contributed by atoms with Crippen molar-refractivity contribution in [2.24, 2.45) is 0 Å². The number of aliphatic hydroxyl groups is 1. The van der Waals surface area contributed by atoms with Crippen LogP contribution in [0, 0.1) is 0 Å². The molecule has 9 heteroatoms. The maximum Gasteiger partial charge on any atom is 0.407 e. The fourth-order valence-electron chi connectivity index (χ4n) is 8.66. The van der Waals surface area contributed by atoms with Gasteiger partial charge in [0.1, 0.15) is 12.2 Å². The monoisotopic (exact) mass is 980 g/mol. The summed E-state index contributed by atoms with van der Waals surface area (Å²) < 4.78 is 35.5. The van der Waals surface area contributed by atoms with E-state index in [1.807, 2.05) is 0 Å². The molecule has 1 amide bonds. The molecular weight excluding hydrogens is 863 g/mol. The Balaban J connectivity index is 4.98. The Morgan fingerprint density at radius 1 is 0.391 bits per heavy atom. The number of amides is 1. The smallest absolute Gasteiger partial charge is 0.407 e. The lowest BCUT2D eigenvalue weighted by Crippen LogP contribution is -2.41. The SMILES string of the molecule is CCCCCCCC/C=C\CCCCCCCCOCC(OCCCCCCCC/C=C\CCCCCCCC)C(CCCCCCCCCCCC)OC(=O)NCCOCCOCCOCCO. The predicted octanol–water partition coefficient (Wildman–Crippen LogP) is 16.9. The topological polar surface area (TPSA) is 105 Å². The second-order valence-corrected chi connectivity index (χ2v) is 19.8. The lowest BCUT2D eigenvalue weighted by molar-refractivity contribution is -0.0864. The summed E-state index contributed by atoms with van der Waals surface area (Å²) in [7, 11) is 0. The van der Waals surface area contributed by atoms with Gasteiger partial charge in [0.2, 0.25) is 0 Å². The zero-order valence-electron chi connectivity index (χ0n) is 46.1. The first-order chi connectivity index (χ1) is 34.2. The molecule has 0 aliphatic rings. The molecule has 0 spiro atoms. The highest BCUT2D eigenvalue weighted by molar-refractivity contribution is 5.67. The summed E-state index contributed by atoms with van der Waals surface area (Å²) in [6.45, 7) is 11.5. The Kier molecular flexibility index (Phi) is 59.5. The van der Waals surface area contributed by atoms with Gasteiger partial charge in [-0.15, -0.1) is 0 Å². The summed E-state index contributed by atoms with van der Waals surface area (Å²) in [5, 5.41) is 11.7. The van der Waals surface area contributed by atoms with Crippen molar-refractivity contribution < 1.29 is 38.3 Å². The van der Waals surface area contributed by atoms with E-state index >= 15 is 0 Å². The second kappa shape index (κ2) is 60.8. The van der Waals surface area contributed by atoms with Gasteiger partial charge in [-0.2, -0.15) is 0 Å². The lowest BCUT2D eigenvalue weighted by Gasteiger charge is -2.27. The van der Waals surface area contributed by atoms with Crippen LogP contribution in [-0.4, -0.2) is 96.0 Å². The summed E-state index contributed by atoms with van der Waals surface area (Å²) in [4.78, 5) is 13.2. The lowest BCUT2D eigenvalue weighted by atomic mass is 10.0. The van der Waals surface area contributed by atoms with Crippen molar-refractivity contribution in [3.63, 3.8) is 0 Å². The van der Waals surface area contributed by atoms with Crippen LogP contribution < -0.4 is 5.32 Å². The van der Waals surface area contributed by atoms with Gasteiger partial charge in [0, 0.05) is 19.8 Å². The van der Waals surface area contributed by atoms with Crippen molar-refractivity contribution in [3.8, 4) is 0 Å². The van der Waals surface area contributed by atoms with Gasteiger partial charge in [-0.05, 0) is 77.0 Å². The summed E-state index contributed by atoms with van der Waals surface area (Å²) in [5.41, 5.74) is 0. The van der Waals surface area contributed by atoms with E-state index in [-0.39, 0.29) is 18.8 Å². The van der Waals surface area contributed by atoms with Gasteiger partial charge in [-0.25, -0.2) is 4.79 Å². The molecule has 0 aromatic carbocycles. The summed E-state index contributed by atoms with van der Waals surface area (Å²) in [6, 6.07) is 0. The molecule has 0 heterocycles. The van der Waals surface area contributed by atoms with Crippen molar-refractivity contribution in [1.82, 2.24) is 5.32 Å². The molecule has 0 saturated heterocycles. The molecule has 69 heavy (non-hydrogen) atoms. The quantitative estimate of drug-likeness (QED) is 0.0459. The van der Waals surface area contributed by atoms with Crippen LogP contribution >= 0.6 is 0 Å².